The maximum Gasteiger partial charge on any atom is 0.278 e. The first-order chi connectivity index (χ1) is 11.1. The van der Waals surface area contributed by atoms with Gasteiger partial charge in [-0.3, -0.25) is 4.79 Å². The molecule has 24 heavy (non-hydrogen) atoms. The fourth-order valence-corrected chi connectivity index (χ4v) is 2.69. The fourth-order valence-electron chi connectivity index (χ4n) is 2.69. The molecule has 130 valence electrons. The number of rotatable bonds is 3. The van der Waals surface area contributed by atoms with Crippen LogP contribution >= 0.6 is 12.4 Å². The van der Waals surface area contributed by atoms with E-state index in [4.69, 9.17) is 0 Å². The maximum atomic E-state index is 12.5. The number of amides is 1. The first kappa shape index (κ1) is 18.3. The Morgan fingerprint density at radius 2 is 2.00 bits per heavy atom. The summed E-state index contributed by atoms with van der Waals surface area (Å²) in [5.74, 6) is 0.104. The van der Waals surface area contributed by atoms with Gasteiger partial charge in [-0.05, 0) is 23.6 Å². The van der Waals surface area contributed by atoms with Crippen LogP contribution in [0, 0.1) is 0 Å². The Bertz CT molecular complexity index is 708. The van der Waals surface area contributed by atoms with Crippen molar-refractivity contribution < 1.29 is 9.90 Å². The molecule has 2 aromatic rings. The summed E-state index contributed by atoms with van der Waals surface area (Å²) in [6.45, 7) is 7.05. The average molecular weight is 351 g/mol. The first-order valence-electron chi connectivity index (χ1n) is 7.95. The van der Waals surface area contributed by atoms with Gasteiger partial charge < -0.3 is 15.3 Å². The number of carbonyl (C=O) groups excluding carboxylic acids is 1. The van der Waals surface area contributed by atoms with Crippen molar-refractivity contribution in [1.82, 2.24) is 20.0 Å². The molecule has 0 spiro atoms. The lowest BCUT2D eigenvalue weighted by molar-refractivity contribution is 0.0726. The van der Waals surface area contributed by atoms with Crippen LogP contribution in [0.2, 0.25) is 0 Å². The van der Waals surface area contributed by atoms with Gasteiger partial charge in [-0.1, -0.05) is 26.0 Å². The SMILES string of the molecule is CC(C)c1cccc(-n2cc(O)c(C(=O)N3CCNCC3)n2)c1.Cl. The quantitative estimate of drug-likeness (QED) is 0.890. The molecule has 1 aromatic heterocycles. The lowest BCUT2D eigenvalue weighted by Gasteiger charge is -2.26. The zero-order valence-corrected chi connectivity index (χ0v) is 14.7. The van der Waals surface area contributed by atoms with Crippen LogP contribution in [0.3, 0.4) is 0 Å². The molecular formula is C17H23ClN4O2. The van der Waals surface area contributed by atoms with E-state index in [9.17, 15) is 9.90 Å². The Morgan fingerprint density at radius 1 is 1.29 bits per heavy atom. The fraction of sp³-hybridized carbons (Fsp3) is 0.412. The number of piperazine rings is 1. The van der Waals surface area contributed by atoms with Crippen molar-refractivity contribution in [3.63, 3.8) is 0 Å². The third-order valence-electron chi connectivity index (χ3n) is 4.10. The van der Waals surface area contributed by atoms with Crippen molar-refractivity contribution in [1.29, 1.82) is 0 Å². The van der Waals surface area contributed by atoms with Gasteiger partial charge in [0, 0.05) is 26.2 Å². The molecule has 1 aromatic carbocycles. The van der Waals surface area contributed by atoms with Crippen LogP contribution in [-0.2, 0) is 0 Å². The van der Waals surface area contributed by atoms with E-state index in [1.165, 1.54) is 11.8 Å². The largest absolute Gasteiger partial charge is 0.504 e. The number of hydrogen-bond acceptors (Lipinski definition) is 4. The minimum atomic E-state index is -0.220. The summed E-state index contributed by atoms with van der Waals surface area (Å²) in [4.78, 5) is 14.2. The summed E-state index contributed by atoms with van der Waals surface area (Å²) < 4.78 is 1.57. The highest BCUT2D eigenvalue weighted by Gasteiger charge is 2.24. The summed E-state index contributed by atoms with van der Waals surface area (Å²) >= 11 is 0. The topological polar surface area (TPSA) is 70.4 Å². The smallest absolute Gasteiger partial charge is 0.278 e. The Morgan fingerprint density at radius 3 is 2.67 bits per heavy atom. The molecule has 1 saturated heterocycles. The predicted octanol–water partition coefficient (Wildman–Crippen LogP) is 2.17. The van der Waals surface area contributed by atoms with Gasteiger partial charge in [0.15, 0.2) is 11.4 Å². The summed E-state index contributed by atoms with van der Waals surface area (Å²) in [5, 5.41) is 17.6. The Hall–Kier alpha value is -2.05. The molecule has 0 radical (unpaired) electrons. The summed E-state index contributed by atoms with van der Waals surface area (Å²) in [7, 11) is 0. The van der Waals surface area contributed by atoms with Crippen molar-refractivity contribution in [2.45, 2.75) is 19.8 Å². The van der Waals surface area contributed by atoms with Gasteiger partial charge in [0.1, 0.15) is 0 Å². The molecule has 7 heteroatoms. The molecule has 6 nitrogen and oxygen atoms in total. The van der Waals surface area contributed by atoms with Gasteiger partial charge in [-0.25, -0.2) is 4.68 Å². The highest BCUT2D eigenvalue weighted by Crippen LogP contribution is 2.22. The number of carbonyl (C=O) groups is 1. The number of hydrogen-bond donors (Lipinski definition) is 2. The Labute approximate surface area is 147 Å². The third kappa shape index (κ3) is 3.71. The molecule has 2 heterocycles. The summed E-state index contributed by atoms with van der Waals surface area (Å²) in [6, 6.07) is 7.96. The van der Waals surface area contributed by atoms with Crippen molar-refractivity contribution in [3.8, 4) is 11.4 Å². The highest BCUT2D eigenvalue weighted by atomic mass is 35.5. The van der Waals surface area contributed by atoms with Gasteiger partial charge in [0.2, 0.25) is 0 Å². The van der Waals surface area contributed by atoms with Gasteiger partial charge in [-0.15, -0.1) is 12.4 Å². The third-order valence-corrected chi connectivity index (χ3v) is 4.10. The van der Waals surface area contributed by atoms with Crippen LogP contribution in [0.25, 0.3) is 5.69 Å². The monoisotopic (exact) mass is 350 g/mol. The van der Waals surface area contributed by atoms with E-state index in [2.05, 4.69) is 30.3 Å². The van der Waals surface area contributed by atoms with E-state index < -0.39 is 0 Å². The van der Waals surface area contributed by atoms with Gasteiger partial charge in [-0.2, -0.15) is 5.10 Å². The molecule has 1 amide bonds. The zero-order chi connectivity index (χ0) is 16.4. The van der Waals surface area contributed by atoms with Crippen LogP contribution in [-0.4, -0.2) is 51.9 Å². The van der Waals surface area contributed by atoms with E-state index in [0.717, 1.165) is 18.8 Å². The second-order valence-corrected chi connectivity index (χ2v) is 6.10. The molecule has 0 unspecified atom stereocenters. The lowest BCUT2D eigenvalue weighted by atomic mass is 10.0. The number of aromatic nitrogens is 2. The van der Waals surface area contributed by atoms with Crippen molar-refractivity contribution in [2.24, 2.45) is 0 Å². The summed E-state index contributed by atoms with van der Waals surface area (Å²) in [5.41, 5.74) is 2.14. The van der Waals surface area contributed by atoms with Gasteiger partial charge in [0.25, 0.3) is 5.91 Å². The van der Waals surface area contributed by atoms with E-state index in [1.54, 1.807) is 9.58 Å². The van der Waals surface area contributed by atoms with Crippen LogP contribution in [0.1, 0.15) is 35.8 Å². The van der Waals surface area contributed by atoms with Gasteiger partial charge in [0.05, 0.1) is 11.9 Å². The zero-order valence-electron chi connectivity index (χ0n) is 13.9. The molecular weight excluding hydrogens is 328 g/mol. The van der Waals surface area contributed by atoms with Crippen molar-refractivity contribution in [3.05, 3.63) is 41.7 Å². The van der Waals surface area contributed by atoms with Crippen LogP contribution in [0.4, 0.5) is 0 Å². The van der Waals surface area contributed by atoms with Crippen molar-refractivity contribution >= 4 is 18.3 Å². The molecule has 1 aliphatic rings. The number of aromatic hydroxyl groups is 1. The lowest BCUT2D eigenvalue weighted by Crippen LogP contribution is -2.46. The second kappa shape index (κ2) is 7.68. The number of benzene rings is 1. The van der Waals surface area contributed by atoms with Crippen LogP contribution in [0.15, 0.2) is 30.5 Å². The van der Waals surface area contributed by atoms with Crippen molar-refractivity contribution in [2.75, 3.05) is 26.2 Å². The van der Waals surface area contributed by atoms with E-state index in [1.807, 2.05) is 18.2 Å². The van der Waals surface area contributed by atoms with Crippen LogP contribution in [0.5, 0.6) is 5.75 Å². The molecule has 0 bridgehead atoms. The van der Waals surface area contributed by atoms with Gasteiger partial charge >= 0.3 is 0 Å². The number of halogens is 1. The van der Waals surface area contributed by atoms with E-state index >= 15 is 0 Å². The Kier molecular flexibility index (Phi) is 5.85. The molecule has 3 rings (SSSR count). The molecule has 1 fully saturated rings. The standard InChI is InChI=1S/C17H22N4O2.ClH/c1-12(2)13-4-3-5-14(10-13)21-11-15(22)16(19-21)17(23)20-8-6-18-7-9-20;/h3-5,10-12,18,22H,6-9H2,1-2H3;1H. The highest BCUT2D eigenvalue weighted by molar-refractivity contribution is 5.95. The maximum absolute atomic E-state index is 12.5. The minimum absolute atomic E-state index is 0. The van der Waals surface area contributed by atoms with Crippen LogP contribution < -0.4 is 5.32 Å². The van der Waals surface area contributed by atoms with E-state index in [-0.39, 0.29) is 29.8 Å². The molecule has 1 aliphatic heterocycles. The van der Waals surface area contributed by atoms with E-state index in [0.29, 0.717) is 19.0 Å². The molecule has 0 atom stereocenters. The first-order valence-corrected chi connectivity index (χ1v) is 7.95. The molecule has 0 aliphatic carbocycles. The number of nitrogens with one attached hydrogen (secondary N) is 1. The predicted molar refractivity (Wildman–Crippen MR) is 95.3 cm³/mol. The number of nitrogens with zero attached hydrogens (tertiary/aromatic N) is 3. The average Bonchev–Trinajstić information content (AvgIpc) is 2.97. The summed E-state index contributed by atoms with van der Waals surface area (Å²) in [6.07, 6.45) is 1.49. The normalized spacial score (nSPS) is 14.5. The minimum Gasteiger partial charge on any atom is -0.504 e. The molecule has 0 saturated carbocycles. The second-order valence-electron chi connectivity index (χ2n) is 6.10. The Balaban J connectivity index is 0.00000208. The molecule has 2 N–H and O–H groups in total.